The summed E-state index contributed by atoms with van der Waals surface area (Å²) in [7, 11) is 1.92. The number of halogens is 1. The van der Waals surface area contributed by atoms with Crippen molar-refractivity contribution in [3.05, 3.63) is 136 Å². The first-order chi connectivity index (χ1) is 18.1. The van der Waals surface area contributed by atoms with Crippen LogP contribution >= 0.6 is 15.9 Å². The average Bonchev–Trinajstić information content (AvgIpc) is 3.54. The summed E-state index contributed by atoms with van der Waals surface area (Å²) in [5.41, 5.74) is 7.30. The molecule has 0 saturated heterocycles. The summed E-state index contributed by atoms with van der Waals surface area (Å²) < 4.78 is 4.81. The van der Waals surface area contributed by atoms with Crippen LogP contribution in [0.3, 0.4) is 0 Å². The molecule has 6 heteroatoms. The second-order valence-corrected chi connectivity index (χ2v) is 9.88. The third kappa shape index (κ3) is 3.80. The zero-order valence-corrected chi connectivity index (χ0v) is 22.3. The Kier molecular flexibility index (Phi) is 5.97. The predicted molar refractivity (Wildman–Crippen MR) is 151 cm³/mol. The van der Waals surface area contributed by atoms with E-state index < -0.39 is 5.54 Å². The van der Waals surface area contributed by atoms with Crippen molar-refractivity contribution in [2.45, 2.75) is 18.9 Å². The van der Waals surface area contributed by atoms with E-state index in [1.807, 2.05) is 19.4 Å². The maximum atomic E-state index is 5.37. The Hall–Kier alpha value is -4.03. The highest BCUT2D eigenvalue weighted by Crippen LogP contribution is 2.44. The molecule has 0 radical (unpaired) electrons. The van der Waals surface area contributed by atoms with Gasteiger partial charge in [-0.15, -0.1) is 0 Å². The molecule has 3 aromatic heterocycles. The van der Waals surface area contributed by atoms with E-state index >= 15 is 0 Å². The molecule has 0 N–H and O–H groups in total. The van der Waals surface area contributed by atoms with Crippen LogP contribution in [0.1, 0.15) is 29.2 Å². The molecule has 0 aliphatic carbocycles. The molecule has 0 atom stereocenters. The Bertz CT molecular complexity index is 1570. The molecular weight excluding hydrogens is 522 g/mol. The first kappa shape index (κ1) is 23.4. The molecule has 0 amide bonds. The molecule has 3 aromatic carbocycles. The van der Waals surface area contributed by atoms with E-state index in [0.717, 1.165) is 55.6 Å². The van der Waals surface area contributed by atoms with Crippen molar-refractivity contribution in [2.24, 2.45) is 7.05 Å². The number of hydrogen-bond donors (Lipinski definition) is 0. The SMILES string of the molecule is CCc1cc2c(nc1Br)c(-c1cnn(C)c1)nn2C(c1ccccc1)(c1ccccc1)c1ccccc1. The number of fused-ring (bicyclic) bond motifs is 1. The Morgan fingerprint density at radius 2 is 1.35 bits per heavy atom. The predicted octanol–water partition coefficient (Wildman–Crippen LogP) is 7.00. The third-order valence-electron chi connectivity index (χ3n) is 6.93. The molecule has 3 heterocycles. The van der Waals surface area contributed by atoms with Gasteiger partial charge in [0, 0.05) is 18.8 Å². The van der Waals surface area contributed by atoms with Crippen molar-refractivity contribution in [1.29, 1.82) is 0 Å². The van der Waals surface area contributed by atoms with Gasteiger partial charge in [0.15, 0.2) is 0 Å². The molecule has 37 heavy (non-hydrogen) atoms. The second kappa shape index (κ2) is 9.45. The quantitative estimate of drug-likeness (QED) is 0.166. The molecule has 0 spiro atoms. The Morgan fingerprint density at radius 3 is 1.81 bits per heavy atom. The lowest BCUT2D eigenvalue weighted by Gasteiger charge is -2.37. The van der Waals surface area contributed by atoms with Crippen molar-refractivity contribution in [3.8, 4) is 11.3 Å². The lowest BCUT2D eigenvalue weighted by Crippen LogP contribution is -2.38. The maximum absolute atomic E-state index is 5.37. The van der Waals surface area contributed by atoms with Crippen LogP contribution in [0.2, 0.25) is 0 Å². The highest BCUT2D eigenvalue weighted by atomic mass is 79.9. The zero-order valence-electron chi connectivity index (χ0n) is 20.7. The fraction of sp³-hybridized carbons (Fsp3) is 0.129. The van der Waals surface area contributed by atoms with Crippen LogP contribution in [0, 0.1) is 0 Å². The van der Waals surface area contributed by atoms with E-state index in [0.29, 0.717) is 0 Å². The minimum absolute atomic E-state index is 0.733. The van der Waals surface area contributed by atoms with Gasteiger partial charge in [-0.2, -0.15) is 10.2 Å². The molecule has 5 nitrogen and oxygen atoms in total. The van der Waals surface area contributed by atoms with Crippen molar-refractivity contribution < 1.29 is 0 Å². The lowest BCUT2D eigenvalue weighted by molar-refractivity contribution is 0.477. The highest BCUT2D eigenvalue weighted by Gasteiger charge is 2.41. The van der Waals surface area contributed by atoms with Crippen LogP contribution in [0.25, 0.3) is 22.3 Å². The van der Waals surface area contributed by atoms with Crippen LogP contribution in [0.4, 0.5) is 0 Å². The van der Waals surface area contributed by atoms with Gasteiger partial charge in [0.25, 0.3) is 0 Å². The van der Waals surface area contributed by atoms with Gasteiger partial charge in [-0.25, -0.2) is 9.67 Å². The molecule has 6 rings (SSSR count). The Labute approximate surface area is 224 Å². The first-order valence-corrected chi connectivity index (χ1v) is 13.2. The Morgan fingerprint density at radius 1 is 0.811 bits per heavy atom. The van der Waals surface area contributed by atoms with Gasteiger partial charge >= 0.3 is 0 Å². The van der Waals surface area contributed by atoms with E-state index in [-0.39, 0.29) is 0 Å². The summed E-state index contributed by atoms with van der Waals surface area (Å²) in [6.45, 7) is 2.15. The second-order valence-electron chi connectivity index (χ2n) is 9.13. The number of hydrogen-bond acceptors (Lipinski definition) is 3. The van der Waals surface area contributed by atoms with E-state index in [1.54, 1.807) is 4.68 Å². The minimum Gasteiger partial charge on any atom is -0.275 e. The maximum Gasteiger partial charge on any atom is 0.138 e. The van der Waals surface area contributed by atoms with Gasteiger partial charge in [0.2, 0.25) is 0 Å². The van der Waals surface area contributed by atoms with E-state index in [4.69, 9.17) is 10.1 Å². The summed E-state index contributed by atoms with van der Waals surface area (Å²) in [5.74, 6) is 0. The van der Waals surface area contributed by atoms with Crippen LogP contribution in [0.15, 0.2) is 114 Å². The van der Waals surface area contributed by atoms with Crippen LogP contribution in [-0.2, 0) is 19.0 Å². The minimum atomic E-state index is -0.733. The van der Waals surface area contributed by atoms with Crippen molar-refractivity contribution >= 4 is 27.0 Å². The van der Waals surface area contributed by atoms with Gasteiger partial charge in [0.05, 0.1) is 11.7 Å². The summed E-state index contributed by atoms with van der Waals surface area (Å²) in [5, 5.41) is 9.80. The Balaban J connectivity index is 1.82. The molecule has 0 bridgehead atoms. The number of pyridine rings is 1. The molecule has 0 saturated carbocycles. The number of benzene rings is 3. The van der Waals surface area contributed by atoms with Crippen LogP contribution in [0.5, 0.6) is 0 Å². The van der Waals surface area contributed by atoms with E-state index in [1.165, 1.54) is 0 Å². The first-order valence-electron chi connectivity index (χ1n) is 12.4. The van der Waals surface area contributed by atoms with Crippen LogP contribution in [-0.4, -0.2) is 24.5 Å². The van der Waals surface area contributed by atoms with Crippen LogP contribution < -0.4 is 0 Å². The third-order valence-corrected chi connectivity index (χ3v) is 7.62. The smallest absolute Gasteiger partial charge is 0.138 e. The summed E-state index contributed by atoms with van der Waals surface area (Å²) >= 11 is 3.72. The molecule has 0 unspecified atom stereocenters. The monoisotopic (exact) mass is 547 g/mol. The van der Waals surface area contributed by atoms with Gasteiger partial charge in [-0.05, 0) is 50.7 Å². The molecule has 0 aliphatic rings. The van der Waals surface area contributed by atoms with Gasteiger partial charge in [0.1, 0.15) is 21.4 Å². The summed E-state index contributed by atoms with van der Waals surface area (Å²) in [6, 6.07) is 34.1. The van der Waals surface area contributed by atoms with Gasteiger partial charge < -0.3 is 0 Å². The van der Waals surface area contributed by atoms with Gasteiger partial charge in [-0.1, -0.05) is 97.9 Å². The zero-order chi connectivity index (χ0) is 25.4. The molecule has 0 fully saturated rings. The molecule has 6 aromatic rings. The topological polar surface area (TPSA) is 48.5 Å². The van der Waals surface area contributed by atoms with E-state index in [2.05, 4.69) is 130 Å². The number of nitrogens with zero attached hydrogens (tertiary/aromatic N) is 5. The number of rotatable bonds is 6. The van der Waals surface area contributed by atoms with Gasteiger partial charge in [-0.3, -0.25) is 4.68 Å². The molecular formula is C31H26BrN5. The highest BCUT2D eigenvalue weighted by molar-refractivity contribution is 9.10. The van der Waals surface area contributed by atoms with E-state index in [9.17, 15) is 0 Å². The lowest BCUT2D eigenvalue weighted by atomic mass is 9.77. The summed E-state index contributed by atoms with van der Waals surface area (Å²) in [6.07, 6.45) is 4.70. The fourth-order valence-corrected chi connectivity index (χ4v) is 5.78. The molecule has 0 aliphatic heterocycles. The van der Waals surface area contributed by atoms with Crippen molar-refractivity contribution in [1.82, 2.24) is 24.5 Å². The standard InChI is InChI=1S/C31H26BrN5/c1-3-22-19-27-29(34-30(22)32)28(23-20-33-36(2)21-23)35-37(27)31(24-13-7-4-8-14-24,25-15-9-5-10-16-25)26-17-11-6-12-18-26/h4-21H,3H2,1-2H3. The largest absolute Gasteiger partial charge is 0.275 e. The van der Waals surface area contributed by atoms with Crippen molar-refractivity contribution in [3.63, 3.8) is 0 Å². The fourth-order valence-electron chi connectivity index (χ4n) is 5.20. The van der Waals surface area contributed by atoms with Crippen molar-refractivity contribution in [2.75, 3.05) is 0 Å². The normalized spacial score (nSPS) is 11.8. The molecule has 182 valence electrons. The number of aryl methyl sites for hydroxylation is 2. The average molecular weight is 548 g/mol. The number of aromatic nitrogens is 5. The summed E-state index contributed by atoms with van der Waals surface area (Å²) in [4.78, 5) is 5.04.